The molecule has 1 aromatic carbocycles. The van der Waals surface area contributed by atoms with Crippen molar-refractivity contribution in [1.82, 2.24) is 9.97 Å². The Kier molecular flexibility index (Phi) is 2.69. The third-order valence-electron chi connectivity index (χ3n) is 2.14. The molecule has 76 valence electrons. The highest BCUT2D eigenvalue weighted by molar-refractivity contribution is 6.28. The Balaban J connectivity index is 2.54. The van der Waals surface area contributed by atoms with Gasteiger partial charge in [-0.05, 0) is 43.6 Å². The molecule has 1 aromatic heterocycles. The minimum absolute atomic E-state index is 0.284. The second-order valence-corrected chi connectivity index (χ2v) is 3.93. The van der Waals surface area contributed by atoms with Crippen LogP contribution in [0.2, 0.25) is 5.28 Å². The van der Waals surface area contributed by atoms with E-state index in [1.807, 2.05) is 6.07 Å². The van der Waals surface area contributed by atoms with Gasteiger partial charge in [-0.15, -0.1) is 0 Å². The third kappa shape index (κ3) is 2.34. The Bertz CT molecular complexity index is 474. The van der Waals surface area contributed by atoms with Gasteiger partial charge in [0, 0.05) is 11.8 Å². The summed E-state index contributed by atoms with van der Waals surface area (Å²) in [4.78, 5) is 8.04. The van der Waals surface area contributed by atoms with E-state index in [0.29, 0.717) is 0 Å². The molecule has 2 nitrogen and oxygen atoms in total. The molecule has 1 heterocycles. The first-order chi connectivity index (χ1) is 7.15. The predicted molar refractivity (Wildman–Crippen MR) is 62.0 cm³/mol. The maximum absolute atomic E-state index is 5.75. The van der Waals surface area contributed by atoms with Gasteiger partial charge in [0.25, 0.3) is 0 Å². The standard InChI is InChI=1S/C12H11ClN2/c1-8-5-9(2)7-10(6-8)11-3-4-14-12(13)15-11/h3-7H,1-2H3. The van der Waals surface area contributed by atoms with Crippen molar-refractivity contribution in [3.05, 3.63) is 46.9 Å². The van der Waals surface area contributed by atoms with Crippen LogP contribution < -0.4 is 0 Å². The van der Waals surface area contributed by atoms with Crippen LogP contribution in [0.15, 0.2) is 30.5 Å². The molecule has 2 aromatic rings. The summed E-state index contributed by atoms with van der Waals surface area (Å²) < 4.78 is 0. The number of benzene rings is 1. The van der Waals surface area contributed by atoms with E-state index in [9.17, 15) is 0 Å². The molecule has 0 atom stereocenters. The van der Waals surface area contributed by atoms with E-state index in [0.717, 1.165) is 11.3 Å². The summed E-state index contributed by atoms with van der Waals surface area (Å²) in [5, 5.41) is 0.284. The molecule has 0 bridgehead atoms. The number of aryl methyl sites for hydroxylation is 2. The number of hydrogen-bond donors (Lipinski definition) is 0. The van der Waals surface area contributed by atoms with Crippen molar-refractivity contribution in [2.45, 2.75) is 13.8 Å². The fourth-order valence-corrected chi connectivity index (χ4v) is 1.77. The molecule has 0 aliphatic rings. The van der Waals surface area contributed by atoms with Crippen LogP contribution in [0.4, 0.5) is 0 Å². The van der Waals surface area contributed by atoms with E-state index in [1.54, 1.807) is 6.20 Å². The Labute approximate surface area is 94.0 Å². The number of halogens is 1. The van der Waals surface area contributed by atoms with Crippen molar-refractivity contribution in [3.8, 4) is 11.3 Å². The number of rotatable bonds is 1. The summed E-state index contributed by atoms with van der Waals surface area (Å²) in [5.74, 6) is 0. The molecule has 0 spiro atoms. The summed E-state index contributed by atoms with van der Waals surface area (Å²) >= 11 is 5.75. The van der Waals surface area contributed by atoms with Crippen molar-refractivity contribution in [2.24, 2.45) is 0 Å². The first-order valence-electron chi connectivity index (χ1n) is 4.72. The van der Waals surface area contributed by atoms with Crippen molar-refractivity contribution in [1.29, 1.82) is 0 Å². The highest BCUT2D eigenvalue weighted by Gasteiger charge is 2.01. The van der Waals surface area contributed by atoms with Gasteiger partial charge in [-0.2, -0.15) is 0 Å². The van der Waals surface area contributed by atoms with Crippen LogP contribution in [-0.2, 0) is 0 Å². The topological polar surface area (TPSA) is 25.8 Å². The predicted octanol–water partition coefficient (Wildman–Crippen LogP) is 3.41. The Morgan fingerprint density at radius 3 is 2.33 bits per heavy atom. The average molecular weight is 219 g/mol. The van der Waals surface area contributed by atoms with Crippen molar-refractivity contribution >= 4 is 11.6 Å². The molecule has 15 heavy (non-hydrogen) atoms. The molecule has 3 heteroatoms. The first kappa shape index (κ1) is 10.1. The van der Waals surface area contributed by atoms with Crippen LogP contribution in [0.5, 0.6) is 0 Å². The highest BCUT2D eigenvalue weighted by Crippen LogP contribution is 2.20. The van der Waals surface area contributed by atoms with Gasteiger partial charge in [0.15, 0.2) is 0 Å². The molecule has 0 amide bonds. The molecule has 0 aliphatic carbocycles. The van der Waals surface area contributed by atoms with Gasteiger partial charge in [-0.1, -0.05) is 17.2 Å². The normalized spacial score (nSPS) is 10.3. The van der Waals surface area contributed by atoms with Gasteiger partial charge >= 0.3 is 0 Å². The van der Waals surface area contributed by atoms with Gasteiger partial charge in [-0.25, -0.2) is 9.97 Å². The number of hydrogen-bond acceptors (Lipinski definition) is 2. The SMILES string of the molecule is Cc1cc(C)cc(-c2ccnc(Cl)n2)c1. The lowest BCUT2D eigenvalue weighted by atomic mass is 10.1. The lowest BCUT2D eigenvalue weighted by Gasteiger charge is -2.04. The quantitative estimate of drug-likeness (QED) is 0.686. The van der Waals surface area contributed by atoms with Gasteiger partial charge in [0.05, 0.1) is 5.69 Å². The van der Waals surface area contributed by atoms with Crippen LogP contribution in [-0.4, -0.2) is 9.97 Å². The molecule has 0 unspecified atom stereocenters. The van der Waals surface area contributed by atoms with Crippen LogP contribution in [0.3, 0.4) is 0 Å². The molecule has 0 saturated carbocycles. The molecular formula is C12H11ClN2. The van der Waals surface area contributed by atoms with E-state index >= 15 is 0 Å². The first-order valence-corrected chi connectivity index (χ1v) is 5.10. The van der Waals surface area contributed by atoms with Crippen molar-refractivity contribution in [3.63, 3.8) is 0 Å². The van der Waals surface area contributed by atoms with Crippen molar-refractivity contribution < 1.29 is 0 Å². The van der Waals surface area contributed by atoms with E-state index in [-0.39, 0.29) is 5.28 Å². The Morgan fingerprint density at radius 2 is 1.73 bits per heavy atom. The largest absolute Gasteiger partial charge is 0.226 e. The average Bonchev–Trinajstić information content (AvgIpc) is 2.16. The van der Waals surface area contributed by atoms with E-state index in [4.69, 9.17) is 11.6 Å². The molecule has 0 radical (unpaired) electrons. The summed E-state index contributed by atoms with van der Waals surface area (Å²) in [6, 6.07) is 8.17. The summed E-state index contributed by atoms with van der Waals surface area (Å²) in [5.41, 5.74) is 4.39. The molecular weight excluding hydrogens is 208 g/mol. The Hall–Kier alpha value is -1.41. The van der Waals surface area contributed by atoms with Gasteiger partial charge in [0.2, 0.25) is 5.28 Å². The lowest BCUT2D eigenvalue weighted by molar-refractivity contribution is 1.17. The van der Waals surface area contributed by atoms with Gasteiger partial charge in [0.1, 0.15) is 0 Å². The molecule has 2 rings (SSSR count). The number of nitrogens with zero attached hydrogens (tertiary/aromatic N) is 2. The van der Waals surface area contributed by atoms with Crippen LogP contribution >= 0.6 is 11.6 Å². The second kappa shape index (κ2) is 3.99. The monoisotopic (exact) mass is 218 g/mol. The highest BCUT2D eigenvalue weighted by atomic mass is 35.5. The van der Waals surface area contributed by atoms with Gasteiger partial charge < -0.3 is 0 Å². The second-order valence-electron chi connectivity index (χ2n) is 3.59. The maximum Gasteiger partial charge on any atom is 0.222 e. The minimum Gasteiger partial charge on any atom is -0.226 e. The number of aromatic nitrogens is 2. The lowest BCUT2D eigenvalue weighted by Crippen LogP contribution is -1.88. The fraction of sp³-hybridized carbons (Fsp3) is 0.167. The molecule has 0 aliphatic heterocycles. The van der Waals surface area contributed by atoms with Crippen molar-refractivity contribution in [2.75, 3.05) is 0 Å². The Morgan fingerprint density at radius 1 is 1.07 bits per heavy atom. The van der Waals surface area contributed by atoms with Gasteiger partial charge in [-0.3, -0.25) is 0 Å². The van der Waals surface area contributed by atoms with E-state index < -0.39 is 0 Å². The summed E-state index contributed by atoms with van der Waals surface area (Å²) in [6.45, 7) is 4.14. The zero-order valence-electron chi connectivity index (χ0n) is 8.66. The maximum atomic E-state index is 5.75. The smallest absolute Gasteiger partial charge is 0.222 e. The third-order valence-corrected chi connectivity index (χ3v) is 2.33. The zero-order valence-corrected chi connectivity index (χ0v) is 9.42. The zero-order chi connectivity index (χ0) is 10.8. The van der Waals surface area contributed by atoms with E-state index in [1.165, 1.54) is 11.1 Å². The van der Waals surface area contributed by atoms with Crippen LogP contribution in [0, 0.1) is 13.8 Å². The molecule has 0 fully saturated rings. The van der Waals surface area contributed by atoms with Crippen LogP contribution in [0.25, 0.3) is 11.3 Å². The van der Waals surface area contributed by atoms with Crippen LogP contribution in [0.1, 0.15) is 11.1 Å². The minimum atomic E-state index is 0.284. The summed E-state index contributed by atoms with van der Waals surface area (Å²) in [7, 11) is 0. The molecule has 0 N–H and O–H groups in total. The molecule has 0 saturated heterocycles. The van der Waals surface area contributed by atoms with E-state index in [2.05, 4.69) is 42.0 Å². The fourth-order valence-electron chi connectivity index (χ4n) is 1.62. The summed E-state index contributed by atoms with van der Waals surface area (Å²) in [6.07, 6.45) is 1.67.